The standard InChI is InChI=1S/C16H16N2O/c1-12(18)14-4-8-16(9-5-14)19-15-6-2-13(3-7-15)10-11-17/h2-9,12H,10,18H2,1H3. The van der Waals surface area contributed by atoms with E-state index in [0.717, 1.165) is 22.6 Å². The highest BCUT2D eigenvalue weighted by Gasteiger charge is 2.01. The monoisotopic (exact) mass is 252 g/mol. The van der Waals surface area contributed by atoms with E-state index in [0.29, 0.717) is 6.42 Å². The van der Waals surface area contributed by atoms with Gasteiger partial charge in [0, 0.05) is 6.04 Å². The Kier molecular flexibility index (Phi) is 4.17. The van der Waals surface area contributed by atoms with Gasteiger partial charge >= 0.3 is 0 Å². The Morgan fingerprint density at radius 2 is 1.58 bits per heavy atom. The summed E-state index contributed by atoms with van der Waals surface area (Å²) in [6, 6.07) is 17.4. The second kappa shape index (κ2) is 6.03. The third-order valence-corrected chi connectivity index (χ3v) is 2.85. The van der Waals surface area contributed by atoms with E-state index in [9.17, 15) is 0 Å². The van der Waals surface area contributed by atoms with Crippen LogP contribution in [0, 0.1) is 11.3 Å². The lowest BCUT2D eigenvalue weighted by atomic mass is 10.1. The molecule has 0 fully saturated rings. The highest BCUT2D eigenvalue weighted by atomic mass is 16.5. The van der Waals surface area contributed by atoms with Crippen molar-refractivity contribution in [2.24, 2.45) is 5.73 Å². The number of hydrogen-bond acceptors (Lipinski definition) is 3. The Balaban J connectivity index is 2.06. The van der Waals surface area contributed by atoms with E-state index in [1.165, 1.54) is 0 Å². The van der Waals surface area contributed by atoms with Crippen molar-refractivity contribution >= 4 is 0 Å². The number of nitrogens with two attached hydrogens (primary N) is 1. The average Bonchev–Trinajstić information content (AvgIpc) is 2.42. The molecule has 0 aliphatic carbocycles. The summed E-state index contributed by atoms with van der Waals surface area (Å²) < 4.78 is 5.72. The van der Waals surface area contributed by atoms with E-state index in [1.54, 1.807) is 0 Å². The van der Waals surface area contributed by atoms with Crippen molar-refractivity contribution < 1.29 is 4.74 Å². The predicted molar refractivity (Wildman–Crippen MR) is 74.9 cm³/mol. The van der Waals surface area contributed by atoms with E-state index in [2.05, 4.69) is 6.07 Å². The van der Waals surface area contributed by atoms with Crippen LogP contribution >= 0.6 is 0 Å². The van der Waals surface area contributed by atoms with E-state index in [1.807, 2.05) is 55.5 Å². The number of benzene rings is 2. The second-order valence-electron chi connectivity index (χ2n) is 4.44. The molecule has 0 radical (unpaired) electrons. The van der Waals surface area contributed by atoms with Crippen molar-refractivity contribution in [3.8, 4) is 17.6 Å². The topological polar surface area (TPSA) is 59.0 Å². The highest BCUT2D eigenvalue weighted by Crippen LogP contribution is 2.23. The molecule has 2 N–H and O–H groups in total. The van der Waals surface area contributed by atoms with Gasteiger partial charge in [-0.2, -0.15) is 5.26 Å². The van der Waals surface area contributed by atoms with Crippen molar-refractivity contribution in [2.75, 3.05) is 0 Å². The van der Waals surface area contributed by atoms with Gasteiger partial charge in [0.15, 0.2) is 0 Å². The molecule has 0 heterocycles. The zero-order valence-electron chi connectivity index (χ0n) is 10.8. The maximum absolute atomic E-state index is 8.60. The minimum atomic E-state index is 0.0271. The first kappa shape index (κ1) is 13.1. The Morgan fingerprint density at radius 3 is 2.05 bits per heavy atom. The molecule has 2 rings (SSSR count). The largest absolute Gasteiger partial charge is 0.457 e. The van der Waals surface area contributed by atoms with Crippen LogP contribution in [-0.2, 0) is 6.42 Å². The van der Waals surface area contributed by atoms with Gasteiger partial charge in [-0.15, -0.1) is 0 Å². The number of ether oxygens (including phenoxy) is 1. The lowest BCUT2D eigenvalue weighted by Crippen LogP contribution is -2.04. The molecule has 1 unspecified atom stereocenters. The molecule has 3 nitrogen and oxygen atoms in total. The fraction of sp³-hybridized carbons (Fsp3) is 0.188. The molecule has 96 valence electrons. The molecular weight excluding hydrogens is 236 g/mol. The molecule has 0 aromatic heterocycles. The van der Waals surface area contributed by atoms with Gasteiger partial charge in [-0.1, -0.05) is 24.3 Å². The molecular formula is C16H16N2O. The molecule has 0 aliphatic heterocycles. The molecule has 0 amide bonds. The molecule has 3 heteroatoms. The van der Waals surface area contributed by atoms with Gasteiger partial charge in [0.25, 0.3) is 0 Å². The van der Waals surface area contributed by atoms with Crippen LogP contribution in [0.1, 0.15) is 24.1 Å². The van der Waals surface area contributed by atoms with Crippen LogP contribution in [0.3, 0.4) is 0 Å². The van der Waals surface area contributed by atoms with Crippen LogP contribution in [0.15, 0.2) is 48.5 Å². The molecule has 0 bridgehead atoms. The Morgan fingerprint density at radius 1 is 1.05 bits per heavy atom. The smallest absolute Gasteiger partial charge is 0.127 e. The number of hydrogen-bond donors (Lipinski definition) is 1. The first-order valence-corrected chi connectivity index (χ1v) is 6.18. The van der Waals surface area contributed by atoms with Crippen LogP contribution in [0.2, 0.25) is 0 Å². The molecule has 1 atom stereocenters. The summed E-state index contributed by atoms with van der Waals surface area (Å²) in [6.45, 7) is 1.95. The van der Waals surface area contributed by atoms with Gasteiger partial charge in [0.2, 0.25) is 0 Å². The van der Waals surface area contributed by atoms with E-state index in [-0.39, 0.29) is 6.04 Å². The van der Waals surface area contributed by atoms with Gasteiger partial charge < -0.3 is 10.5 Å². The predicted octanol–water partition coefficient (Wildman–Crippen LogP) is 3.56. The van der Waals surface area contributed by atoms with Crippen LogP contribution < -0.4 is 10.5 Å². The Hall–Kier alpha value is -2.31. The van der Waals surface area contributed by atoms with Crippen molar-refractivity contribution in [2.45, 2.75) is 19.4 Å². The summed E-state index contributed by atoms with van der Waals surface area (Å²) in [5.41, 5.74) is 7.86. The fourth-order valence-corrected chi connectivity index (χ4v) is 1.74. The van der Waals surface area contributed by atoms with Gasteiger partial charge in [-0.3, -0.25) is 0 Å². The number of nitrogens with zero attached hydrogens (tertiary/aromatic N) is 1. The molecule has 0 aliphatic rings. The fourth-order valence-electron chi connectivity index (χ4n) is 1.74. The van der Waals surface area contributed by atoms with Crippen molar-refractivity contribution in [3.05, 3.63) is 59.7 Å². The van der Waals surface area contributed by atoms with Crippen LogP contribution in [-0.4, -0.2) is 0 Å². The minimum Gasteiger partial charge on any atom is -0.457 e. The lowest BCUT2D eigenvalue weighted by molar-refractivity contribution is 0.482. The molecule has 0 saturated carbocycles. The summed E-state index contributed by atoms with van der Waals surface area (Å²) in [6.07, 6.45) is 0.420. The zero-order valence-corrected chi connectivity index (χ0v) is 10.8. The van der Waals surface area contributed by atoms with Gasteiger partial charge in [0.1, 0.15) is 11.5 Å². The second-order valence-corrected chi connectivity index (χ2v) is 4.44. The summed E-state index contributed by atoms with van der Waals surface area (Å²) in [5.74, 6) is 1.53. The Bertz CT molecular complexity index is 565. The maximum atomic E-state index is 8.60. The van der Waals surface area contributed by atoms with Crippen LogP contribution in [0.5, 0.6) is 11.5 Å². The SMILES string of the molecule is CC(N)c1ccc(Oc2ccc(CC#N)cc2)cc1. The van der Waals surface area contributed by atoms with E-state index in [4.69, 9.17) is 15.7 Å². The lowest BCUT2D eigenvalue weighted by Gasteiger charge is -2.09. The maximum Gasteiger partial charge on any atom is 0.127 e. The van der Waals surface area contributed by atoms with Gasteiger partial charge in [-0.05, 0) is 42.3 Å². The molecule has 2 aromatic carbocycles. The minimum absolute atomic E-state index is 0.0271. The van der Waals surface area contributed by atoms with Crippen LogP contribution in [0.4, 0.5) is 0 Å². The third-order valence-electron chi connectivity index (χ3n) is 2.85. The van der Waals surface area contributed by atoms with Gasteiger partial charge in [-0.25, -0.2) is 0 Å². The first-order chi connectivity index (χ1) is 9.19. The Labute approximate surface area is 113 Å². The molecule has 19 heavy (non-hydrogen) atoms. The molecule has 2 aromatic rings. The number of nitriles is 1. The summed E-state index contributed by atoms with van der Waals surface area (Å²) >= 11 is 0. The average molecular weight is 252 g/mol. The summed E-state index contributed by atoms with van der Waals surface area (Å²) in [5, 5.41) is 8.60. The quantitative estimate of drug-likeness (QED) is 0.905. The van der Waals surface area contributed by atoms with E-state index >= 15 is 0 Å². The normalized spacial score (nSPS) is 11.6. The third kappa shape index (κ3) is 3.57. The van der Waals surface area contributed by atoms with Gasteiger partial charge in [0.05, 0.1) is 12.5 Å². The molecule has 0 spiro atoms. The zero-order chi connectivity index (χ0) is 13.7. The summed E-state index contributed by atoms with van der Waals surface area (Å²) in [7, 11) is 0. The first-order valence-electron chi connectivity index (χ1n) is 6.18. The van der Waals surface area contributed by atoms with E-state index < -0.39 is 0 Å². The van der Waals surface area contributed by atoms with Crippen molar-refractivity contribution in [1.82, 2.24) is 0 Å². The molecule has 0 saturated heterocycles. The van der Waals surface area contributed by atoms with Crippen LogP contribution in [0.25, 0.3) is 0 Å². The highest BCUT2D eigenvalue weighted by molar-refractivity contribution is 5.35. The van der Waals surface area contributed by atoms with Crippen molar-refractivity contribution in [3.63, 3.8) is 0 Å². The summed E-state index contributed by atoms with van der Waals surface area (Å²) in [4.78, 5) is 0. The number of rotatable bonds is 4. The van der Waals surface area contributed by atoms with Crippen molar-refractivity contribution in [1.29, 1.82) is 5.26 Å².